The van der Waals surface area contributed by atoms with E-state index in [9.17, 15) is 13.2 Å². The molecular weight excluding hydrogens is 373 g/mol. The predicted octanol–water partition coefficient (Wildman–Crippen LogP) is 5.90. The molecule has 0 aliphatic heterocycles. The molecule has 0 N–H and O–H groups in total. The van der Waals surface area contributed by atoms with Crippen molar-refractivity contribution >= 4 is 31.9 Å². The molecule has 0 spiro atoms. The molecule has 94 valence electrons. The molecule has 0 bridgehead atoms. The maximum atomic E-state index is 12.6. The van der Waals surface area contributed by atoms with Gasteiger partial charge in [0.2, 0.25) is 0 Å². The fourth-order valence-corrected chi connectivity index (χ4v) is 2.68. The van der Waals surface area contributed by atoms with Crippen LogP contribution in [-0.2, 0) is 6.18 Å². The van der Waals surface area contributed by atoms with Gasteiger partial charge in [0.05, 0.1) is 5.56 Å². The number of alkyl halides is 3. The molecule has 0 saturated heterocycles. The topological polar surface area (TPSA) is 0 Å². The van der Waals surface area contributed by atoms with Crippen molar-refractivity contribution in [2.75, 3.05) is 0 Å². The van der Waals surface area contributed by atoms with Gasteiger partial charge in [-0.1, -0.05) is 56.1 Å². The Morgan fingerprint density at radius 1 is 0.778 bits per heavy atom. The number of hydrogen-bond donors (Lipinski definition) is 0. The molecule has 0 heterocycles. The molecule has 0 fully saturated rings. The zero-order valence-corrected chi connectivity index (χ0v) is 12.1. The average Bonchev–Trinajstić information content (AvgIpc) is 2.29. The van der Waals surface area contributed by atoms with Crippen LogP contribution in [0.15, 0.2) is 51.4 Å². The van der Waals surface area contributed by atoms with Gasteiger partial charge < -0.3 is 0 Å². The third kappa shape index (κ3) is 2.78. The van der Waals surface area contributed by atoms with Crippen molar-refractivity contribution in [1.82, 2.24) is 0 Å². The van der Waals surface area contributed by atoms with E-state index in [1.165, 1.54) is 6.07 Å². The second-order valence-electron chi connectivity index (χ2n) is 3.67. The predicted molar refractivity (Wildman–Crippen MR) is 72.3 cm³/mol. The van der Waals surface area contributed by atoms with Gasteiger partial charge in [-0.3, -0.25) is 0 Å². The third-order valence-electron chi connectivity index (χ3n) is 2.46. The van der Waals surface area contributed by atoms with Crippen LogP contribution in [0.5, 0.6) is 0 Å². The van der Waals surface area contributed by atoms with Gasteiger partial charge in [0, 0.05) is 8.95 Å². The summed E-state index contributed by atoms with van der Waals surface area (Å²) < 4.78 is 38.9. The molecule has 0 nitrogen and oxygen atoms in total. The lowest BCUT2D eigenvalue weighted by molar-refractivity contribution is -0.137. The highest BCUT2D eigenvalue weighted by Crippen LogP contribution is 2.37. The summed E-state index contributed by atoms with van der Waals surface area (Å²) in [5.74, 6) is 0. The van der Waals surface area contributed by atoms with Crippen molar-refractivity contribution in [1.29, 1.82) is 0 Å². The van der Waals surface area contributed by atoms with Gasteiger partial charge >= 0.3 is 6.18 Å². The van der Waals surface area contributed by atoms with Crippen LogP contribution < -0.4 is 0 Å². The van der Waals surface area contributed by atoms with Crippen LogP contribution in [0.2, 0.25) is 0 Å². The summed E-state index contributed by atoms with van der Waals surface area (Å²) in [6.45, 7) is 0. The van der Waals surface area contributed by atoms with Crippen LogP contribution in [0.25, 0.3) is 11.1 Å². The van der Waals surface area contributed by atoms with Crippen LogP contribution in [0.3, 0.4) is 0 Å². The number of halogens is 5. The van der Waals surface area contributed by atoms with E-state index in [1.807, 2.05) is 24.3 Å². The van der Waals surface area contributed by atoms with E-state index < -0.39 is 11.7 Å². The SMILES string of the molecule is FC(F)(F)c1ccc(-c2ccccc2Br)c(Br)c1. The molecular formula is C13H7Br2F3. The lowest BCUT2D eigenvalue weighted by atomic mass is 10.0. The van der Waals surface area contributed by atoms with Gasteiger partial charge in [-0.15, -0.1) is 0 Å². The van der Waals surface area contributed by atoms with Crippen molar-refractivity contribution in [3.63, 3.8) is 0 Å². The summed E-state index contributed by atoms with van der Waals surface area (Å²) in [5.41, 5.74) is 0.902. The molecule has 0 saturated carbocycles. The van der Waals surface area contributed by atoms with Crippen LogP contribution in [0.1, 0.15) is 5.56 Å². The van der Waals surface area contributed by atoms with Gasteiger partial charge in [-0.05, 0) is 29.3 Å². The van der Waals surface area contributed by atoms with Crippen molar-refractivity contribution in [3.8, 4) is 11.1 Å². The minimum absolute atomic E-state index is 0.421. The fourth-order valence-electron chi connectivity index (χ4n) is 1.59. The molecule has 5 heteroatoms. The minimum atomic E-state index is -4.32. The van der Waals surface area contributed by atoms with Crippen LogP contribution in [0.4, 0.5) is 13.2 Å². The largest absolute Gasteiger partial charge is 0.416 e. The fraction of sp³-hybridized carbons (Fsp3) is 0.0769. The summed E-state index contributed by atoms with van der Waals surface area (Å²) in [7, 11) is 0. The molecule has 0 amide bonds. The number of hydrogen-bond acceptors (Lipinski definition) is 0. The first-order chi connectivity index (χ1) is 8.39. The van der Waals surface area contributed by atoms with Crippen molar-refractivity contribution < 1.29 is 13.2 Å². The lowest BCUT2D eigenvalue weighted by Crippen LogP contribution is -2.04. The van der Waals surface area contributed by atoms with Gasteiger partial charge in [-0.2, -0.15) is 13.2 Å². The first kappa shape index (κ1) is 13.6. The average molecular weight is 380 g/mol. The maximum absolute atomic E-state index is 12.6. The summed E-state index contributed by atoms with van der Waals surface area (Å²) in [6, 6.07) is 11.0. The highest BCUT2D eigenvalue weighted by atomic mass is 79.9. The van der Waals surface area contributed by atoms with Gasteiger partial charge in [0.15, 0.2) is 0 Å². The Balaban J connectivity index is 2.52. The Hall–Kier alpha value is -0.810. The summed E-state index contributed by atoms with van der Waals surface area (Å²) in [4.78, 5) is 0. The first-order valence-electron chi connectivity index (χ1n) is 5.01. The second kappa shape index (κ2) is 5.05. The molecule has 18 heavy (non-hydrogen) atoms. The lowest BCUT2D eigenvalue weighted by Gasteiger charge is -2.11. The molecule has 2 aromatic carbocycles. The van der Waals surface area contributed by atoms with Gasteiger partial charge in [0.1, 0.15) is 0 Å². The first-order valence-corrected chi connectivity index (χ1v) is 6.60. The Morgan fingerprint density at radius 3 is 1.94 bits per heavy atom. The molecule has 0 aliphatic carbocycles. The Bertz CT molecular complexity index is 577. The monoisotopic (exact) mass is 378 g/mol. The van der Waals surface area contributed by atoms with Crippen LogP contribution in [0, 0.1) is 0 Å². The quantitative estimate of drug-likeness (QED) is 0.578. The molecule has 0 atom stereocenters. The van der Waals surface area contributed by atoms with Crippen molar-refractivity contribution in [2.24, 2.45) is 0 Å². The van der Waals surface area contributed by atoms with E-state index in [-0.39, 0.29) is 0 Å². The van der Waals surface area contributed by atoms with E-state index >= 15 is 0 Å². The second-order valence-corrected chi connectivity index (χ2v) is 5.38. The minimum Gasteiger partial charge on any atom is -0.166 e. The van der Waals surface area contributed by atoms with E-state index in [0.717, 1.165) is 27.7 Å². The normalized spacial score (nSPS) is 11.6. The Morgan fingerprint density at radius 2 is 1.39 bits per heavy atom. The highest BCUT2D eigenvalue weighted by molar-refractivity contribution is 9.11. The number of rotatable bonds is 1. The zero-order valence-electron chi connectivity index (χ0n) is 8.93. The van der Waals surface area contributed by atoms with Crippen LogP contribution >= 0.6 is 31.9 Å². The summed E-state index contributed by atoms with van der Waals surface area (Å²) in [5, 5.41) is 0. The standard InChI is InChI=1S/C13H7Br2F3/c14-11-4-2-1-3-9(11)10-6-5-8(7-12(10)15)13(16,17)18/h1-7H. The zero-order chi connectivity index (χ0) is 13.3. The van der Waals surface area contributed by atoms with Crippen molar-refractivity contribution in [3.05, 3.63) is 57.0 Å². The molecule has 0 aromatic heterocycles. The van der Waals surface area contributed by atoms with Crippen molar-refractivity contribution in [2.45, 2.75) is 6.18 Å². The molecule has 2 rings (SSSR count). The van der Waals surface area contributed by atoms with E-state index in [1.54, 1.807) is 0 Å². The summed E-state index contributed by atoms with van der Waals surface area (Å²) in [6.07, 6.45) is -4.32. The number of benzene rings is 2. The molecule has 0 aliphatic rings. The Labute approximate surface area is 119 Å². The smallest absolute Gasteiger partial charge is 0.166 e. The summed E-state index contributed by atoms with van der Waals surface area (Å²) >= 11 is 6.57. The third-order valence-corrected chi connectivity index (χ3v) is 3.81. The maximum Gasteiger partial charge on any atom is 0.416 e. The van der Waals surface area contributed by atoms with E-state index in [4.69, 9.17) is 0 Å². The highest BCUT2D eigenvalue weighted by Gasteiger charge is 2.30. The Kier molecular flexibility index (Phi) is 3.82. The molecule has 0 unspecified atom stereocenters. The van der Waals surface area contributed by atoms with E-state index in [0.29, 0.717) is 4.47 Å². The van der Waals surface area contributed by atoms with Gasteiger partial charge in [-0.25, -0.2) is 0 Å². The van der Waals surface area contributed by atoms with Crippen LogP contribution in [-0.4, -0.2) is 0 Å². The van der Waals surface area contributed by atoms with Gasteiger partial charge in [0.25, 0.3) is 0 Å². The molecule has 2 aromatic rings. The molecule has 0 radical (unpaired) electrons. The van der Waals surface area contributed by atoms with E-state index in [2.05, 4.69) is 31.9 Å².